The molecule has 1 saturated heterocycles. The van der Waals surface area contributed by atoms with E-state index in [1.54, 1.807) is 42.5 Å². The Hall–Kier alpha value is -3.19. The molecule has 2 aromatic carbocycles. The molecule has 0 aliphatic carbocycles. The van der Waals surface area contributed by atoms with Crippen LogP contribution in [0.1, 0.15) is 39.1 Å². The highest BCUT2D eigenvalue weighted by Gasteiger charge is 2.35. The molecule has 1 atom stereocenters. The van der Waals surface area contributed by atoms with Crippen LogP contribution in [0.3, 0.4) is 0 Å². The third-order valence-corrected chi connectivity index (χ3v) is 4.55. The second-order valence-corrected chi connectivity index (χ2v) is 6.27. The zero-order valence-corrected chi connectivity index (χ0v) is 14.6. The first-order valence-electron chi connectivity index (χ1n) is 8.65. The Morgan fingerprint density at radius 2 is 1.89 bits per heavy atom. The second kappa shape index (κ2) is 8.01. The van der Waals surface area contributed by atoms with Crippen molar-refractivity contribution < 1.29 is 24.2 Å². The van der Waals surface area contributed by atoms with Gasteiger partial charge in [0.1, 0.15) is 11.8 Å². The van der Waals surface area contributed by atoms with Crippen molar-refractivity contribution in [2.24, 2.45) is 5.73 Å². The van der Waals surface area contributed by atoms with Crippen molar-refractivity contribution in [2.75, 3.05) is 6.54 Å². The summed E-state index contributed by atoms with van der Waals surface area (Å²) in [7, 11) is 0. The predicted molar refractivity (Wildman–Crippen MR) is 97.4 cm³/mol. The zero-order valence-electron chi connectivity index (χ0n) is 14.6. The van der Waals surface area contributed by atoms with Gasteiger partial charge in [-0.2, -0.15) is 0 Å². The molecule has 0 bridgehead atoms. The number of nitrogens with zero attached hydrogens (tertiary/aromatic N) is 1. The molecule has 1 unspecified atom stereocenters. The highest BCUT2D eigenvalue weighted by Crippen LogP contribution is 2.23. The van der Waals surface area contributed by atoms with Gasteiger partial charge in [-0.05, 0) is 42.7 Å². The topological polar surface area (TPSA) is 110 Å². The van der Waals surface area contributed by atoms with E-state index in [0.717, 1.165) is 0 Å². The van der Waals surface area contributed by atoms with E-state index in [4.69, 9.17) is 10.5 Å². The lowest BCUT2D eigenvalue weighted by Crippen LogP contribution is -2.41. The minimum atomic E-state index is -1.03. The van der Waals surface area contributed by atoms with Crippen molar-refractivity contribution in [2.45, 2.75) is 25.4 Å². The van der Waals surface area contributed by atoms with Gasteiger partial charge in [-0.25, -0.2) is 9.59 Å². The van der Waals surface area contributed by atoms with Crippen molar-refractivity contribution in [3.8, 4) is 5.75 Å². The summed E-state index contributed by atoms with van der Waals surface area (Å²) in [4.78, 5) is 38.0. The van der Waals surface area contributed by atoms with Crippen LogP contribution in [0.25, 0.3) is 0 Å². The van der Waals surface area contributed by atoms with Crippen molar-refractivity contribution >= 4 is 17.8 Å². The molecule has 0 saturated carbocycles. The number of carboxylic acid groups (broad SMARTS) is 1. The van der Waals surface area contributed by atoms with Crippen LogP contribution in [0.2, 0.25) is 0 Å². The maximum atomic E-state index is 12.9. The monoisotopic (exact) mass is 368 g/mol. The molecule has 7 nitrogen and oxygen atoms in total. The summed E-state index contributed by atoms with van der Waals surface area (Å²) in [6.07, 6.45) is 1.03. The van der Waals surface area contributed by atoms with Gasteiger partial charge < -0.3 is 20.5 Å². The molecule has 1 aliphatic rings. The van der Waals surface area contributed by atoms with Crippen LogP contribution in [0, 0.1) is 0 Å². The molecule has 3 N–H and O–H groups in total. The van der Waals surface area contributed by atoms with Gasteiger partial charge in [-0.1, -0.05) is 24.3 Å². The van der Waals surface area contributed by atoms with E-state index in [2.05, 4.69) is 0 Å². The largest absolute Gasteiger partial charge is 0.480 e. The number of hydrogen-bond donors (Lipinski definition) is 2. The quantitative estimate of drug-likeness (QED) is 0.617. The Labute approximate surface area is 156 Å². The number of hydrogen-bond acceptors (Lipinski definition) is 5. The average Bonchev–Trinajstić information content (AvgIpc) is 3.18. The number of likely N-dealkylation sites (tertiary alicyclic amines) is 1. The number of para-hydroxylation sites is 1. The number of aliphatic carboxylic acids is 1. The van der Waals surface area contributed by atoms with E-state index in [0.29, 0.717) is 30.7 Å². The number of nitrogens with two attached hydrogens (primary N) is 1. The first-order valence-corrected chi connectivity index (χ1v) is 8.65. The van der Waals surface area contributed by atoms with Gasteiger partial charge in [0, 0.05) is 18.7 Å². The summed E-state index contributed by atoms with van der Waals surface area (Å²) >= 11 is 0. The molecular formula is C20H20N2O5. The minimum Gasteiger partial charge on any atom is -0.480 e. The van der Waals surface area contributed by atoms with Gasteiger partial charge in [0.15, 0.2) is 0 Å². The van der Waals surface area contributed by atoms with Crippen molar-refractivity contribution in [1.82, 2.24) is 4.90 Å². The number of carboxylic acids is 1. The second-order valence-electron chi connectivity index (χ2n) is 6.27. The summed E-state index contributed by atoms with van der Waals surface area (Å²) in [6.45, 7) is 0.458. The van der Waals surface area contributed by atoms with Crippen molar-refractivity contribution in [3.63, 3.8) is 0 Å². The molecule has 2 aromatic rings. The van der Waals surface area contributed by atoms with E-state index in [9.17, 15) is 19.5 Å². The Kier molecular flexibility index (Phi) is 5.52. The van der Waals surface area contributed by atoms with Gasteiger partial charge in [0.05, 0.1) is 5.56 Å². The van der Waals surface area contributed by atoms with Crippen LogP contribution >= 0.6 is 0 Å². The molecule has 140 valence electrons. The fraction of sp³-hybridized carbons (Fsp3) is 0.250. The van der Waals surface area contributed by atoms with Gasteiger partial charge in [-0.15, -0.1) is 0 Å². The summed E-state index contributed by atoms with van der Waals surface area (Å²) in [6, 6.07) is 12.3. The molecule has 0 aromatic heterocycles. The standard InChI is InChI=1S/C20H20N2O5/c21-12-14-9-8-13(20(26)27-15-5-2-1-3-6-15)11-16(14)18(23)22-10-4-7-17(22)19(24)25/h1-3,5-6,8-9,11,17H,4,7,10,12,21H2,(H,24,25). The summed E-state index contributed by atoms with van der Waals surface area (Å²) in [5.41, 5.74) is 6.71. The number of carbonyl (C=O) groups excluding carboxylic acids is 2. The average molecular weight is 368 g/mol. The van der Waals surface area contributed by atoms with Crippen LogP contribution in [0.15, 0.2) is 48.5 Å². The van der Waals surface area contributed by atoms with Crippen molar-refractivity contribution in [3.05, 3.63) is 65.2 Å². The van der Waals surface area contributed by atoms with Crippen molar-refractivity contribution in [1.29, 1.82) is 0 Å². The maximum absolute atomic E-state index is 12.9. The number of ether oxygens (including phenoxy) is 1. The van der Waals surface area contributed by atoms with Gasteiger partial charge >= 0.3 is 11.9 Å². The number of amides is 1. The molecule has 1 amide bonds. The smallest absolute Gasteiger partial charge is 0.343 e. The molecule has 0 spiro atoms. The lowest BCUT2D eigenvalue weighted by atomic mass is 10.0. The maximum Gasteiger partial charge on any atom is 0.343 e. The third kappa shape index (κ3) is 3.98. The molecule has 1 heterocycles. The molecule has 0 radical (unpaired) electrons. The highest BCUT2D eigenvalue weighted by atomic mass is 16.5. The molecular weight excluding hydrogens is 348 g/mol. The Balaban J connectivity index is 1.88. The number of rotatable bonds is 5. The van der Waals surface area contributed by atoms with E-state index < -0.39 is 23.9 Å². The first-order chi connectivity index (χ1) is 13.0. The molecule has 3 rings (SSSR count). The van der Waals surface area contributed by atoms with Gasteiger partial charge in [-0.3, -0.25) is 4.79 Å². The van der Waals surface area contributed by atoms with Gasteiger partial charge in [0.25, 0.3) is 5.91 Å². The Bertz CT molecular complexity index is 866. The predicted octanol–water partition coefficient (Wildman–Crippen LogP) is 2.05. The van der Waals surface area contributed by atoms with E-state index >= 15 is 0 Å². The fourth-order valence-electron chi connectivity index (χ4n) is 3.16. The van der Waals surface area contributed by atoms with Crippen LogP contribution in [0.5, 0.6) is 5.75 Å². The number of carbonyl (C=O) groups is 3. The van der Waals surface area contributed by atoms with E-state index in [1.165, 1.54) is 11.0 Å². The Morgan fingerprint density at radius 3 is 2.56 bits per heavy atom. The fourth-order valence-corrected chi connectivity index (χ4v) is 3.16. The lowest BCUT2D eigenvalue weighted by Gasteiger charge is -2.23. The van der Waals surface area contributed by atoms with E-state index in [1.807, 2.05) is 0 Å². The van der Waals surface area contributed by atoms with Crippen LogP contribution in [-0.4, -0.2) is 40.4 Å². The zero-order chi connectivity index (χ0) is 19.4. The minimum absolute atomic E-state index is 0.0979. The van der Waals surface area contributed by atoms with Crippen LogP contribution in [0.4, 0.5) is 0 Å². The highest BCUT2D eigenvalue weighted by molar-refractivity contribution is 6.01. The summed E-state index contributed by atoms with van der Waals surface area (Å²) in [5, 5.41) is 9.32. The van der Waals surface area contributed by atoms with Gasteiger partial charge in [0.2, 0.25) is 0 Å². The van der Waals surface area contributed by atoms with Crippen LogP contribution < -0.4 is 10.5 Å². The first kappa shape index (κ1) is 18.6. The molecule has 1 fully saturated rings. The normalized spacial score (nSPS) is 16.2. The third-order valence-electron chi connectivity index (χ3n) is 4.55. The SMILES string of the molecule is NCc1ccc(C(=O)Oc2ccccc2)cc1C(=O)N1CCCC1C(=O)O. The number of benzene rings is 2. The lowest BCUT2D eigenvalue weighted by molar-refractivity contribution is -0.141. The summed E-state index contributed by atoms with van der Waals surface area (Å²) in [5.74, 6) is -1.68. The molecule has 7 heteroatoms. The molecule has 1 aliphatic heterocycles. The number of esters is 1. The van der Waals surface area contributed by atoms with E-state index in [-0.39, 0.29) is 17.7 Å². The Morgan fingerprint density at radius 1 is 1.15 bits per heavy atom. The van der Waals surface area contributed by atoms with Crippen LogP contribution in [-0.2, 0) is 11.3 Å². The molecule has 27 heavy (non-hydrogen) atoms. The summed E-state index contributed by atoms with van der Waals surface area (Å²) < 4.78 is 5.30.